The van der Waals surface area contributed by atoms with E-state index in [9.17, 15) is 19.2 Å². The first kappa shape index (κ1) is 33.0. The van der Waals surface area contributed by atoms with Gasteiger partial charge in [0.1, 0.15) is 0 Å². The second-order valence-electron chi connectivity index (χ2n) is 11.0. The van der Waals surface area contributed by atoms with Crippen molar-refractivity contribution in [3.05, 3.63) is 46.1 Å². The van der Waals surface area contributed by atoms with E-state index in [0.29, 0.717) is 40.3 Å². The van der Waals surface area contributed by atoms with Crippen molar-refractivity contribution >= 4 is 45.1 Å². The number of rotatable bonds is 15. The standard InChI is InChI=1S/C33H36FNO10S/c1-5-43-29(37)8-7-28(36)35-16-19-12-25(41-3)32(30(34)22(19)17-35)45-10-6-9-44-24-11-18-13-27(46-26(18)15-23(24)40-2)31(38)20-14-21(20)33(39)42-4/h11-13,15,20-21H,5-10,14,16-17H2,1-4H3/t20-,21-/m0/s1. The first-order chi connectivity index (χ1) is 22.2. The summed E-state index contributed by atoms with van der Waals surface area (Å²) < 4.78 is 48.7. The van der Waals surface area contributed by atoms with Crippen LogP contribution in [0.4, 0.5) is 4.39 Å². The Bertz CT molecular complexity index is 1650. The molecule has 0 bridgehead atoms. The highest BCUT2D eigenvalue weighted by Crippen LogP contribution is 2.45. The molecule has 2 atom stereocenters. The zero-order valence-electron chi connectivity index (χ0n) is 26.1. The summed E-state index contributed by atoms with van der Waals surface area (Å²) in [6.45, 7) is 2.57. The van der Waals surface area contributed by atoms with Crippen molar-refractivity contribution in [3.8, 4) is 23.0 Å². The molecule has 5 rings (SSSR count). The van der Waals surface area contributed by atoms with Gasteiger partial charge in [-0.25, -0.2) is 4.39 Å². The number of ketones is 1. The quantitative estimate of drug-likeness (QED) is 0.124. The minimum Gasteiger partial charge on any atom is -0.493 e. The van der Waals surface area contributed by atoms with E-state index in [2.05, 4.69) is 0 Å². The van der Waals surface area contributed by atoms with E-state index in [1.807, 2.05) is 6.07 Å². The van der Waals surface area contributed by atoms with Gasteiger partial charge < -0.3 is 33.3 Å². The van der Waals surface area contributed by atoms with Crippen molar-refractivity contribution in [2.75, 3.05) is 41.2 Å². The minimum absolute atomic E-state index is 0.0176. The fourth-order valence-corrected chi connectivity index (χ4v) is 6.54. The van der Waals surface area contributed by atoms with Crippen LogP contribution in [-0.2, 0) is 36.9 Å². The Morgan fingerprint density at radius 1 is 0.913 bits per heavy atom. The van der Waals surface area contributed by atoms with Gasteiger partial charge in [0.2, 0.25) is 5.91 Å². The highest BCUT2D eigenvalue weighted by Gasteiger charge is 2.49. The third kappa shape index (κ3) is 7.04. The van der Waals surface area contributed by atoms with Crippen LogP contribution in [0, 0.1) is 17.7 Å². The summed E-state index contributed by atoms with van der Waals surface area (Å²) in [6, 6.07) is 7.07. The van der Waals surface area contributed by atoms with E-state index in [4.69, 9.17) is 28.4 Å². The average Bonchev–Trinajstić information content (AvgIpc) is 3.56. The molecule has 0 N–H and O–H groups in total. The van der Waals surface area contributed by atoms with Gasteiger partial charge in [0.25, 0.3) is 0 Å². The lowest BCUT2D eigenvalue weighted by Crippen LogP contribution is -2.26. The van der Waals surface area contributed by atoms with Gasteiger partial charge >= 0.3 is 11.9 Å². The molecule has 46 heavy (non-hydrogen) atoms. The fraction of sp³-hybridized carbons (Fsp3) is 0.455. The van der Waals surface area contributed by atoms with Crippen molar-refractivity contribution in [1.82, 2.24) is 4.90 Å². The van der Waals surface area contributed by atoms with Gasteiger partial charge in [-0.1, -0.05) is 0 Å². The zero-order valence-corrected chi connectivity index (χ0v) is 27.0. The monoisotopic (exact) mass is 657 g/mol. The maximum atomic E-state index is 15.6. The van der Waals surface area contributed by atoms with E-state index < -0.39 is 11.8 Å². The van der Waals surface area contributed by atoms with Crippen molar-refractivity contribution in [2.24, 2.45) is 11.8 Å². The molecule has 2 aliphatic rings. The number of esters is 2. The van der Waals surface area contributed by atoms with Gasteiger partial charge in [0, 0.05) is 48.2 Å². The van der Waals surface area contributed by atoms with Crippen LogP contribution in [0.2, 0.25) is 0 Å². The van der Waals surface area contributed by atoms with Crippen LogP contribution in [0.15, 0.2) is 24.3 Å². The van der Waals surface area contributed by atoms with Crippen LogP contribution in [0.25, 0.3) is 10.1 Å². The summed E-state index contributed by atoms with van der Waals surface area (Å²) in [5.74, 6) is -1.30. The Kier molecular flexibility index (Phi) is 10.3. The second kappa shape index (κ2) is 14.4. The van der Waals surface area contributed by atoms with E-state index in [-0.39, 0.29) is 86.7 Å². The number of ether oxygens (including phenoxy) is 6. The van der Waals surface area contributed by atoms with E-state index in [1.54, 1.807) is 25.1 Å². The molecule has 1 aromatic heterocycles. The Labute approximate surface area is 269 Å². The summed E-state index contributed by atoms with van der Waals surface area (Å²) in [4.78, 5) is 51.0. The number of methoxy groups -OCH3 is 3. The number of hydrogen-bond acceptors (Lipinski definition) is 11. The van der Waals surface area contributed by atoms with Crippen molar-refractivity contribution in [1.29, 1.82) is 0 Å². The normalized spacial score (nSPS) is 16.5. The molecule has 246 valence electrons. The number of Topliss-reactive ketones (excluding diaryl/α,β-unsaturated/α-hetero) is 1. The Morgan fingerprint density at radius 2 is 1.67 bits per heavy atom. The van der Waals surface area contributed by atoms with Gasteiger partial charge in [-0.05, 0) is 42.5 Å². The molecular formula is C33H36FNO10S. The largest absolute Gasteiger partial charge is 0.493 e. The SMILES string of the molecule is CCOC(=O)CCC(=O)N1Cc2cc(OC)c(OCCCOc3cc4cc(C(=O)[C@H]5C[C@@H]5C(=O)OC)sc4cc3OC)c(F)c2C1. The van der Waals surface area contributed by atoms with Gasteiger partial charge in [-0.3, -0.25) is 19.2 Å². The first-order valence-electron chi connectivity index (χ1n) is 15.0. The molecule has 0 unspecified atom stereocenters. The number of benzene rings is 2. The topological polar surface area (TPSA) is 127 Å². The molecule has 0 spiro atoms. The molecule has 2 heterocycles. The van der Waals surface area contributed by atoms with Gasteiger partial charge in [-0.15, -0.1) is 11.3 Å². The molecule has 2 aromatic carbocycles. The van der Waals surface area contributed by atoms with Gasteiger partial charge in [0.15, 0.2) is 34.6 Å². The second-order valence-corrected chi connectivity index (χ2v) is 12.0. The molecule has 13 heteroatoms. The van der Waals surface area contributed by atoms with Crippen LogP contribution in [0.5, 0.6) is 23.0 Å². The summed E-state index contributed by atoms with van der Waals surface area (Å²) >= 11 is 1.34. The molecule has 1 fully saturated rings. The van der Waals surface area contributed by atoms with E-state index >= 15 is 4.39 Å². The molecule has 0 radical (unpaired) electrons. The number of carbonyl (C=O) groups is 4. The Hall–Kier alpha value is -4.39. The molecule has 1 aliphatic carbocycles. The predicted molar refractivity (Wildman–Crippen MR) is 165 cm³/mol. The summed E-state index contributed by atoms with van der Waals surface area (Å²) in [5, 5.41) is 0.814. The van der Waals surface area contributed by atoms with Crippen LogP contribution < -0.4 is 18.9 Å². The lowest BCUT2D eigenvalue weighted by molar-refractivity contribution is -0.145. The number of thiophene rings is 1. The van der Waals surface area contributed by atoms with Crippen LogP contribution in [-0.4, -0.2) is 69.7 Å². The highest BCUT2D eigenvalue weighted by atomic mass is 32.1. The van der Waals surface area contributed by atoms with E-state index in [0.717, 1.165) is 10.1 Å². The number of amides is 1. The lowest BCUT2D eigenvalue weighted by atomic mass is 10.1. The average molecular weight is 658 g/mol. The Morgan fingerprint density at radius 3 is 2.39 bits per heavy atom. The van der Waals surface area contributed by atoms with Crippen molar-refractivity contribution in [3.63, 3.8) is 0 Å². The highest BCUT2D eigenvalue weighted by molar-refractivity contribution is 7.20. The first-order valence-corrected chi connectivity index (χ1v) is 15.8. The zero-order chi connectivity index (χ0) is 33.0. The summed E-state index contributed by atoms with van der Waals surface area (Å²) in [5.41, 5.74) is 0.974. The molecule has 11 nitrogen and oxygen atoms in total. The van der Waals surface area contributed by atoms with Crippen LogP contribution in [0.1, 0.15) is 53.4 Å². The van der Waals surface area contributed by atoms with E-state index in [1.165, 1.54) is 37.6 Å². The molecule has 1 amide bonds. The number of hydrogen-bond donors (Lipinski definition) is 0. The number of carbonyl (C=O) groups excluding carboxylic acids is 4. The van der Waals surface area contributed by atoms with Crippen molar-refractivity contribution < 1.29 is 52.0 Å². The fourth-order valence-electron chi connectivity index (χ4n) is 5.46. The molecule has 3 aromatic rings. The molecule has 1 aliphatic heterocycles. The summed E-state index contributed by atoms with van der Waals surface area (Å²) in [7, 11) is 4.27. The van der Waals surface area contributed by atoms with Gasteiger partial charge in [0.05, 0.1) is 58.4 Å². The third-order valence-electron chi connectivity index (χ3n) is 7.98. The molecule has 0 saturated heterocycles. The molecule has 1 saturated carbocycles. The Balaban J connectivity index is 1.17. The predicted octanol–water partition coefficient (Wildman–Crippen LogP) is 5.08. The molecular weight excluding hydrogens is 621 g/mol. The maximum absolute atomic E-state index is 15.6. The van der Waals surface area contributed by atoms with Crippen LogP contribution in [0.3, 0.4) is 0 Å². The lowest BCUT2D eigenvalue weighted by Gasteiger charge is -2.15. The minimum atomic E-state index is -0.588. The third-order valence-corrected chi connectivity index (χ3v) is 9.09. The van der Waals surface area contributed by atoms with Crippen molar-refractivity contribution in [2.45, 2.75) is 45.7 Å². The smallest absolute Gasteiger partial charge is 0.309 e. The number of fused-ring (bicyclic) bond motifs is 2. The summed E-state index contributed by atoms with van der Waals surface area (Å²) in [6.07, 6.45) is 0.853. The van der Waals surface area contributed by atoms with Crippen LogP contribution >= 0.6 is 11.3 Å². The number of nitrogens with zero attached hydrogens (tertiary/aromatic N) is 1. The maximum Gasteiger partial charge on any atom is 0.309 e. The number of halogens is 1. The van der Waals surface area contributed by atoms with Gasteiger partial charge in [-0.2, -0.15) is 0 Å².